The summed E-state index contributed by atoms with van der Waals surface area (Å²) < 4.78 is 0. The Labute approximate surface area is 56.8 Å². The second-order valence-corrected chi connectivity index (χ2v) is 2.41. The third kappa shape index (κ3) is 3.95. The molecule has 0 aromatic carbocycles. The van der Waals surface area contributed by atoms with Gasteiger partial charge in [-0.3, -0.25) is 4.79 Å². The van der Waals surface area contributed by atoms with Crippen LogP contribution < -0.4 is 0 Å². The second-order valence-electron chi connectivity index (χ2n) is 2.41. The zero-order valence-electron chi connectivity index (χ0n) is 6.35. The van der Waals surface area contributed by atoms with Gasteiger partial charge >= 0.3 is 0 Å². The number of carbonyl (C=O) groups is 1. The quantitative estimate of drug-likeness (QED) is 0.418. The van der Waals surface area contributed by atoms with E-state index < -0.39 is 0 Å². The van der Waals surface area contributed by atoms with Crippen molar-refractivity contribution in [3.63, 3.8) is 0 Å². The van der Waals surface area contributed by atoms with Crippen LogP contribution in [0, 0.1) is 5.92 Å². The highest BCUT2D eigenvalue weighted by molar-refractivity contribution is 5.72. The van der Waals surface area contributed by atoms with E-state index in [1.165, 1.54) is 0 Å². The average molecular weight is 126 g/mol. The molecule has 0 fully saturated rings. The van der Waals surface area contributed by atoms with Crippen LogP contribution in [0.3, 0.4) is 0 Å². The van der Waals surface area contributed by atoms with E-state index in [1.807, 2.05) is 13.0 Å². The van der Waals surface area contributed by atoms with Gasteiger partial charge in [-0.2, -0.15) is 0 Å². The van der Waals surface area contributed by atoms with E-state index in [9.17, 15) is 4.79 Å². The molecule has 0 bridgehead atoms. The van der Waals surface area contributed by atoms with Crippen LogP contribution in [0.4, 0.5) is 0 Å². The Morgan fingerprint density at radius 1 is 1.67 bits per heavy atom. The number of allylic oxidation sites excluding steroid dienone is 2. The van der Waals surface area contributed by atoms with Crippen molar-refractivity contribution in [2.75, 3.05) is 0 Å². The van der Waals surface area contributed by atoms with E-state index in [4.69, 9.17) is 0 Å². The molecule has 1 atom stereocenters. The molecule has 52 valence electrons. The van der Waals surface area contributed by atoms with E-state index in [0.29, 0.717) is 5.92 Å². The highest BCUT2D eigenvalue weighted by Crippen LogP contribution is 2.04. The molecule has 0 aromatic heterocycles. The summed E-state index contributed by atoms with van der Waals surface area (Å²) >= 11 is 0. The van der Waals surface area contributed by atoms with E-state index >= 15 is 0 Å². The van der Waals surface area contributed by atoms with Crippen molar-refractivity contribution in [3.05, 3.63) is 11.6 Å². The molecule has 1 unspecified atom stereocenters. The molecule has 0 N–H and O–H groups in total. The molecule has 0 aromatic rings. The molecule has 9 heavy (non-hydrogen) atoms. The normalized spacial score (nSPS) is 15.2. The van der Waals surface area contributed by atoms with Crippen molar-refractivity contribution in [1.82, 2.24) is 0 Å². The first-order valence-corrected chi connectivity index (χ1v) is 3.34. The van der Waals surface area contributed by atoms with E-state index in [2.05, 4.69) is 13.8 Å². The molecule has 0 aliphatic heterocycles. The van der Waals surface area contributed by atoms with Crippen LogP contribution in [0.5, 0.6) is 0 Å². The minimum Gasteiger partial charge on any atom is -0.298 e. The molecular formula is C8H14O. The van der Waals surface area contributed by atoms with E-state index in [0.717, 1.165) is 18.3 Å². The zero-order valence-corrected chi connectivity index (χ0v) is 6.35. The first-order valence-electron chi connectivity index (χ1n) is 3.34. The predicted molar refractivity (Wildman–Crippen MR) is 39.3 cm³/mol. The van der Waals surface area contributed by atoms with Gasteiger partial charge in [0.15, 0.2) is 0 Å². The minimum absolute atomic E-state index is 0.537. The number of aldehydes is 1. The Hall–Kier alpha value is -0.590. The van der Waals surface area contributed by atoms with Crippen molar-refractivity contribution in [3.8, 4) is 0 Å². The van der Waals surface area contributed by atoms with Gasteiger partial charge < -0.3 is 0 Å². The Morgan fingerprint density at radius 3 is 2.56 bits per heavy atom. The summed E-state index contributed by atoms with van der Waals surface area (Å²) in [4.78, 5) is 10.1. The second kappa shape index (κ2) is 4.30. The fourth-order valence-corrected chi connectivity index (χ4v) is 0.606. The van der Waals surface area contributed by atoms with Gasteiger partial charge in [0.25, 0.3) is 0 Å². The van der Waals surface area contributed by atoms with Gasteiger partial charge in [-0.1, -0.05) is 26.3 Å². The third-order valence-electron chi connectivity index (χ3n) is 1.38. The van der Waals surface area contributed by atoms with Crippen LogP contribution in [-0.4, -0.2) is 6.29 Å². The topological polar surface area (TPSA) is 17.1 Å². The van der Waals surface area contributed by atoms with E-state index in [1.54, 1.807) is 0 Å². The minimum atomic E-state index is 0.537. The fraction of sp³-hybridized carbons (Fsp3) is 0.625. The van der Waals surface area contributed by atoms with Crippen molar-refractivity contribution >= 4 is 6.29 Å². The largest absolute Gasteiger partial charge is 0.298 e. The SMILES string of the molecule is CCC(C)/C=C(\C)C=O. The third-order valence-corrected chi connectivity index (χ3v) is 1.38. The van der Waals surface area contributed by atoms with Crippen molar-refractivity contribution in [1.29, 1.82) is 0 Å². The Kier molecular flexibility index (Phi) is 4.02. The van der Waals surface area contributed by atoms with Crippen molar-refractivity contribution in [2.45, 2.75) is 27.2 Å². The molecule has 1 nitrogen and oxygen atoms in total. The lowest BCUT2D eigenvalue weighted by Crippen LogP contribution is -1.87. The molecule has 0 spiro atoms. The molecule has 0 aliphatic rings. The van der Waals surface area contributed by atoms with Crippen molar-refractivity contribution < 1.29 is 4.79 Å². The summed E-state index contributed by atoms with van der Waals surface area (Å²) in [6.07, 6.45) is 3.99. The van der Waals surface area contributed by atoms with Crippen LogP contribution in [0.1, 0.15) is 27.2 Å². The molecule has 0 radical (unpaired) electrons. The molecule has 0 saturated heterocycles. The van der Waals surface area contributed by atoms with Gasteiger partial charge in [-0.25, -0.2) is 0 Å². The number of carbonyl (C=O) groups excluding carboxylic acids is 1. The Balaban J connectivity index is 3.78. The summed E-state index contributed by atoms with van der Waals surface area (Å²) in [6, 6.07) is 0. The Morgan fingerprint density at radius 2 is 2.22 bits per heavy atom. The fourth-order valence-electron chi connectivity index (χ4n) is 0.606. The highest BCUT2D eigenvalue weighted by atomic mass is 16.1. The molecule has 0 heterocycles. The van der Waals surface area contributed by atoms with Crippen LogP contribution >= 0.6 is 0 Å². The summed E-state index contributed by atoms with van der Waals surface area (Å²) in [5.74, 6) is 0.537. The molecule has 0 saturated carbocycles. The maximum absolute atomic E-state index is 10.1. The Bertz CT molecular complexity index is 114. The van der Waals surface area contributed by atoms with Crippen LogP contribution in [0.2, 0.25) is 0 Å². The molecule has 0 aliphatic carbocycles. The van der Waals surface area contributed by atoms with Gasteiger partial charge in [0.2, 0.25) is 0 Å². The lowest BCUT2D eigenvalue weighted by molar-refractivity contribution is -0.104. The smallest absolute Gasteiger partial charge is 0.145 e. The number of hydrogen-bond acceptors (Lipinski definition) is 1. The predicted octanol–water partition coefficient (Wildman–Crippen LogP) is 2.18. The average Bonchev–Trinajstić information content (AvgIpc) is 1.87. The summed E-state index contributed by atoms with van der Waals surface area (Å²) in [5.41, 5.74) is 0.837. The summed E-state index contributed by atoms with van der Waals surface area (Å²) in [6.45, 7) is 6.05. The number of hydrogen-bond donors (Lipinski definition) is 0. The maximum Gasteiger partial charge on any atom is 0.145 e. The van der Waals surface area contributed by atoms with Crippen LogP contribution in [0.25, 0.3) is 0 Å². The lowest BCUT2D eigenvalue weighted by atomic mass is 10.1. The van der Waals surface area contributed by atoms with Gasteiger partial charge in [0, 0.05) is 0 Å². The monoisotopic (exact) mass is 126 g/mol. The first-order chi connectivity index (χ1) is 4.20. The van der Waals surface area contributed by atoms with Crippen LogP contribution in [-0.2, 0) is 4.79 Å². The molecule has 0 amide bonds. The lowest BCUT2D eigenvalue weighted by Gasteiger charge is -1.98. The summed E-state index contributed by atoms with van der Waals surface area (Å²) in [5, 5.41) is 0. The summed E-state index contributed by atoms with van der Waals surface area (Å²) in [7, 11) is 0. The van der Waals surface area contributed by atoms with Gasteiger partial charge in [-0.05, 0) is 18.4 Å². The van der Waals surface area contributed by atoms with Crippen molar-refractivity contribution in [2.24, 2.45) is 5.92 Å². The van der Waals surface area contributed by atoms with Gasteiger partial charge in [-0.15, -0.1) is 0 Å². The molecule has 0 rings (SSSR count). The molecule has 1 heteroatoms. The zero-order chi connectivity index (χ0) is 7.28. The van der Waals surface area contributed by atoms with E-state index in [-0.39, 0.29) is 0 Å². The standard InChI is InChI=1S/C8H14O/c1-4-7(2)5-8(3)6-9/h5-7H,4H2,1-3H3/b8-5+. The van der Waals surface area contributed by atoms with Gasteiger partial charge in [0.05, 0.1) is 0 Å². The first kappa shape index (κ1) is 8.41. The maximum atomic E-state index is 10.1. The van der Waals surface area contributed by atoms with Gasteiger partial charge in [0.1, 0.15) is 6.29 Å². The van der Waals surface area contributed by atoms with Crippen LogP contribution in [0.15, 0.2) is 11.6 Å². The molecular weight excluding hydrogens is 112 g/mol. The highest BCUT2D eigenvalue weighted by Gasteiger charge is 1.92. The number of rotatable bonds is 3.